The molecule has 0 saturated heterocycles. The molecule has 0 spiro atoms. The van der Waals surface area contributed by atoms with Crippen LogP contribution in [0.15, 0.2) is 64.2 Å². The first-order valence-electron chi connectivity index (χ1n) is 9.62. The Balaban J connectivity index is 1.50. The second-order valence-electron chi connectivity index (χ2n) is 7.11. The molecule has 0 fully saturated rings. The minimum absolute atomic E-state index is 0.128. The number of benzene rings is 2. The van der Waals surface area contributed by atoms with Gasteiger partial charge >= 0.3 is 0 Å². The van der Waals surface area contributed by atoms with Crippen LogP contribution in [0.3, 0.4) is 0 Å². The third kappa shape index (κ3) is 4.34. The zero-order valence-corrected chi connectivity index (χ0v) is 18.1. The van der Waals surface area contributed by atoms with E-state index in [1.54, 1.807) is 29.6 Å². The number of carbonyl (C=O) groups excluding carboxylic acids is 1. The van der Waals surface area contributed by atoms with Crippen LogP contribution in [-0.2, 0) is 21.2 Å². The Morgan fingerprint density at radius 2 is 1.97 bits per heavy atom. The molecule has 1 aliphatic heterocycles. The highest BCUT2D eigenvalue weighted by Gasteiger charge is 2.30. The topological polar surface area (TPSA) is 75.7 Å². The van der Waals surface area contributed by atoms with Crippen molar-refractivity contribution in [2.24, 2.45) is 0 Å². The van der Waals surface area contributed by atoms with E-state index in [9.17, 15) is 13.2 Å². The van der Waals surface area contributed by atoms with E-state index in [0.29, 0.717) is 27.9 Å². The van der Waals surface area contributed by atoms with E-state index in [1.165, 1.54) is 15.6 Å². The van der Waals surface area contributed by atoms with E-state index in [2.05, 4.69) is 5.32 Å². The average Bonchev–Trinajstić information content (AvgIpc) is 3.29. The highest BCUT2D eigenvalue weighted by molar-refractivity contribution is 7.94. The van der Waals surface area contributed by atoms with Crippen molar-refractivity contribution in [3.63, 3.8) is 0 Å². The Bertz CT molecular complexity index is 1140. The molecule has 8 heteroatoms. The summed E-state index contributed by atoms with van der Waals surface area (Å²) in [5.41, 5.74) is 3.23. The van der Waals surface area contributed by atoms with Crippen LogP contribution < -0.4 is 14.4 Å². The number of rotatable bonds is 6. The highest BCUT2D eigenvalue weighted by Crippen LogP contribution is 2.35. The summed E-state index contributed by atoms with van der Waals surface area (Å²) >= 11 is 1.20. The largest absolute Gasteiger partial charge is 0.484 e. The summed E-state index contributed by atoms with van der Waals surface area (Å²) in [5, 5.41) is 4.55. The Labute approximate surface area is 180 Å². The maximum Gasteiger partial charge on any atom is 0.273 e. The number of aryl methyl sites for hydroxylation is 2. The van der Waals surface area contributed by atoms with Gasteiger partial charge < -0.3 is 10.1 Å². The third-order valence-corrected chi connectivity index (χ3v) is 8.06. The summed E-state index contributed by atoms with van der Waals surface area (Å²) in [6.45, 7) is 2.27. The van der Waals surface area contributed by atoms with Crippen molar-refractivity contribution in [2.45, 2.75) is 24.0 Å². The first kappa shape index (κ1) is 20.4. The summed E-state index contributed by atoms with van der Waals surface area (Å²) in [6, 6.07) is 16.2. The summed E-state index contributed by atoms with van der Waals surface area (Å²) in [5.74, 6) is 0.313. The molecule has 4 rings (SSSR count). The molecule has 0 aliphatic carbocycles. The molecule has 1 amide bonds. The number of nitrogens with zero attached hydrogens (tertiary/aromatic N) is 1. The van der Waals surface area contributed by atoms with E-state index < -0.39 is 10.0 Å². The van der Waals surface area contributed by atoms with Crippen LogP contribution >= 0.6 is 11.3 Å². The van der Waals surface area contributed by atoms with Crippen LogP contribution in [0.2, 0.25) is 0 Å². The molecule has 0 radical (unpaired) electrons. The fourth-order valence-electron chi connectivity index (χ4n) is 3.37. The van der Waals surface area contributed by atoms with Crippen molar-refractivity contribution < 1.29 is 17.9 Å². The SMILES string of the molecule is Cc1ccc(OCC(=O)Nc2ccc3c(c2)N(S(=O)(=O)c2cccs2)CCC3)cc1. The number of amides is 1. The zero-order valence-electron chi connectivity index (χ0n) is 16.5. The fourth-order valence-corrected chi connectivity index (χ4v) is 6.01. The standard InChI is InChI=1S/C22H22N2O4S2/c1-16-6-10-19(11-7-16)28-15-21(25)23-18-9-8-17-4-2-12-24(20(17)14-18)30(26,27)22-5-3-13-29-22/h3,5-11,13-14H,2,4,12,15H2,1H3,(H,23,25). The molecule has 2 heterocycles. The van der Waals surface area contributed by atoms with Crippen LogP contribution in [0.4, 0.5) is 11.4 Å². The highest BCUT2D eigenvalue weighted by atomic mass is 32.2. The molecular weight excluding hydrogens is 420 g/mol. The van der Waals surface area contributed by atoms with Gasteiger partial charge in [0.2, 0.25) is 0 Å². The van der Waals surface area contributed by atoms with Gasteiger partial charge in [0.15, 0.2) is 6.61 Å². The van der Waals surface area contributed by atoms with Crippen molar-refractivity contribution in [3.05, 3.63) is 71.1 Å². The second kappa shape index (κ2) is 8.49. The van der Waals surface area contributed by atoms with Crippen molar-refractivity contribution in [3.8, 4) is 5.75 Å². The number of sulfonamides is 1. The Kier molecular flexibility index (Phi) is 5.78. The maximum atomic E-state index is 13.1. The van der Waals surface area contributed by atoms with Crippen LogP contribution in [0.1, 0.15) is 17.5 Å². The van der Waals surface area contributed by atoms with E-state index in [0.717, 1.165) is 24.0 Å². The van der Waals surface area contributed by atoms with Gasteiger partial charge in [0.25, 0.3) is 15.9 Å². The molecule has 2 aromatic carbocycles. The first-order valence-corrected chi connectivity index (χ1v) is 11.9. The van der Waals surface area contributed by atoms with Crippen LogP contribution in [-0.4, -0.2) is 27.5 Å². The number of hydrogen-bond donors (Lipinski definition) is 1. The lowest BCUT2D eigenvalue weighted by Crippen LogP contribution is -2.35. The zero-order chi connectivity index (χ0) is 21.1. The quantitative estimate of drug-likeness (QED) is 0.620. The molecule has 0 saturated carbocycles. The van der Waals surface area contributed by atoms with Gasteiger partial charge in [-0.1, -0.05) is 29.8 Å². The molecule has 0 unspecified atom stereocenters. The minimum atomic E-state index is -3.61. The molecule has 0 atom stereocenters. The number of hydrogen-bond acceptors (Lipinski definition) is 5. The number of carbonyl (C=O) groups is 1. The summed E-state index contributed by atoms with van der Waals surface area (Å²) in [4.78, 5) is 12.3. The number of ether oxygens (including phenoxy) is 1. The van der Waals surface area contributed by atoms with Gasteiger partial charge in [0.1, 0.15) is 9.96 Å². The number of anilines is 2. The van der Waals surface area contributed by atoms with Crippen LogP contribution in [0.25, 0.3) is 0 Å². The monoisotopic (exact) mass is 442 g/mol. The Morgan fingerprint density at radius 3 is 2.70 bits per heavy atom. The van der Waals surface area contributed by atoms with Gasteiger partial charge in [0.05, 0.1) is 5.69 Å². The van der Waals surface area contributed by atoms with Crippen molar-refractivity contribution in [1.29, 1.82) is 0 Å². The lowest BCUT2D eigenvalue weighted by molar-refractivity contribution is -0.118. The van der Waals surface area contributed by atoms with Gasteiger partial charge in [-0.2, -0.15) is 0 Å². The van der Waals surface area contributed by atoms with E-state index in [-0.39, 0.29) is 12.5 Å². The Morgan fingerprint density at radius 1 is 1.17 bits per heavy atom. The fraction of sp³-hybridized carbons (Fsp3) is 0.227. The summed E-state index contributed by atoms with van der Waals surface area (Å²) in [7, 11) is -3.61. The summed E-state index contributed by atoms with van der Waals surface area (Å²) in [6.07, 6.45) is 1.56. The van der Waals surface area contributed by atoms with E-state index in [4.69, 9.17) is 4.74 Å². The van der Waals surface area contributed by atoms with Gasteiger partial charge in [-0.15, -0.1) is 11.3 Å². The van der Waals surface area contributed by atoms with E-state index >= 15 is 0 Å². The van der Waals surface area contributed by atoms with E-state index in [1.807, 2.05) is 37.3 Å². The first-order chi connectivity index (χ1) is 14.4. The molecule has 156 valence electrons. The van der Waals surface area contributed by atoms with Gasteiger partial charge in [0, 0.05) is 12.2 Å². The minimum Gasteiger partial charge on any atom is -0.484 e. The van der Waals surface area contributed by atoms with Crippen molar-refractivity contribution >= 4 is 38.6 Å². The second-order valence-corrected chi connectivity index (χ2v) is 10.1. The lowest BCUT2D eigenvalue weighted by atomic mass is 10.0. The Hall–Kier alpha value is -2.84. The molecule has 1 aromatic heterocycles. The van der Waals surface area contributed by atoms with Gasteiger partial charge in [-0.3, -0.25) is 9.10 Å². The van der Waals surface area contributed by atoms with Crippen molar-refractivity contribution in [1.82, 2.24) is 0 Å². The molecule has 6 nitrogen and oxygen atoms in total. The maximum absolute atomic E-state index is 13.1. The van der Waals surface area contributed by atoms with Gasteiger partial charge in [-0.05, 0) is 61.0 Å². The van der Waals surface area contributed by atoms with Crippen molar-refractivity contribution in [2.75, 3.05) is 22.8 Å². The molecule has 30 heavy (non-hydrogen) atoms. The smallest absolute Gasteiger partial charge is 0.273 e. The molecular formula is C22H22N2O4S2. The van der Waals surface area contributed by atoms with Crippen LogP contribution in [0.5, 0.6) is 5.75 Å². The van der Waals surface area contributed by atoms with Gasteiger partial charge in [-0.25, -0.2) is 8.42 Å². The molecule has 1 N–H and O–H groups in total. The predicted octanol–water partition coefficient (Wildman–Crippen LogP) is 4.22. The lowest BCUT2D eigenvalue weighted by Gasteiger charge is -2.30. The third-order valence-electron chi connectivity index (χ3n) is 4.88. The average molecular weight is 443 g/mol. The van der Waals surface area contributed by atoms with Crippen LogP contribution in [0, 0.1) is 6.92 Å². The molecule has 3 aromatic rings. The molecule has 1 aliphatic rings. The normalized spacial score (nSPS) is 13.6. The number of fused-ring (bicyclic) bond motifs is 1. The summed E-state index contributed by atoms with van der Waals surface area (Å²) < 4.78 is 33.4. The predicted molar refractivity (Wildman–Crippen MR) is 119 cm³/mol. The number of thiophene rings is 1. The molecule has 0 bridgehead atoms. The number of nitrogens with one attached hydrogen (secondary N) is 1.